The zero-order chi connectivity index (χ0) is 20.8. The van der Waals surface area contributed by atoms with E-state index >= 15 is 0 Å². The third-order valence-corrected chi connectivity index (χ3v) is 6.24. The van der Waals surface area contributed by atoms with Gasteiger partial charge in [-0.1, -0.05) is 57.3 Å². The first-order valence-electron chi connectivity index (χ1n) is 10.7. The predicted octanol–water partition coefficient (Wildman–Crippen LogP) is 6.18. The van der Waals surface area contributed by atoms with Crippen LogP contribution in [-0.2, 0) is 4.79 Å². The molecule has 0 saturated carbocycles. The standard InChI is InChI=1S/C26H32N2O/c1-5-19-17-23(18-27-25(19)7-3)20-9-11-21(12-10-20)24(6-2)22-13-15-28(16-14-22)26(29)8-4/h5,7,9-12,17-18,22,24H,1,3,6,8,13-16H2,2,4H3. The van der Waals surface area contributed by atoms with E-state index < -0.39 is 0 Å². The first kappa shape index (κ1) is 21.0. The summed E-state index contributed by atoms with van der Waals surface area (Å²) < 4.78 is 0. The van der Waals surface area contributed by atoms with Crippen LogP contribution in [0.5, 0.6) is 0 Å². The van der Waals surface area contributed by atoms with E-state index in [0.717, 1.165) is 54.7 Å². The van der Waals surface area contributed by atoms with Crippen molar-refractivity contribution < 1.29 is 4.79 Å². The van der Waals surface area contributed by atoms with E-state index in [2.05, 4.69) is 55.4 Å². The second kappa shape index (κ2) is 9.69. The van der Waals surface area contributed by atoms with Gasteiger partial charge in [0.25, 0.3) is 0 Å². The van der Waals surface area contributed by atoms with Crippen LogP contribution in [0.4, 0.5) is 0 Å². The van der Waals surface area contributed by atoms with Crippen molar-refractivity contribution in [2.45, 2.75) is 45.4 Å². The van der Waals surface area contributed by atoms with E-state index in [9.17, 15) is 4.79 Å². The average Bonchev–Trinajstić information content (AvgIpc) is 2.79. The summed E-state index contributed by atoms with van der Waals surface area (Å²) in [5.74, 6) is 1.48. The van der Waals surface area contributed by atoms with Crippen LogP contribution in [0.1, 0.15) is 62.3 Å². The van der Waals surface area contributed by atoms with Gasteiger partial charge in [0.2, 0.25) is 5.91 Å². The van der Waals surface area contributed by atoms with Gasteiger partial charge in [-0.05, 0) is 54.4 Å². The lowest BCUT2D eigenvalue weighted by atomic mass is 9.78. The van der Waals surface area contributed by atoms with Crippen LogP contribution in [0.3, 0.4) is 0 Å². The zero-order valence-corrected chi connectivity index (χ0v) is 17.7. The number of nitrogens with zero attached hydrogens (tertiary/aromatic N) is 2. The predicted molar refractivity (Wildman–Crippen MR) is 122 cm³/mol. The van der Waals surface area contributed by atoms with Crippen LogP contribution >= 0.6 is 0 Å². The maximum Gasteiger partial charge on any atom is 0.222 e. The number of piperidine rings is 1. The molecule has 1 unspecified atom stereocenters. The van der Waals surface area contributed by atoms with Gasteiger partial charge in [0, 0.05) is 36.8 Å². The molecule has 1 aromatic heterocycles. The summed E-state index contributed by atoms with van der Waals surface area (Å²) in [7, 11) is 0. The van der Waals surface area contributed by atoms with Gasteiger partial charge in [-0.3, -0.25) is 9.78 Å². The lowest BCUT2D eigenvalue weighted by Gasteiger charge is -2.36. The summed E-state index contributed by atoms with van der Waals surface area (Å²) in [6.07, 6.45) is 9.42. The third kappa shape index (κ3) is 4.67. The molecule has 1 aliphatic rings. The molecular formula is C26H32N2O. The molecule has 0 N–H and O–H groups in total. The number of rotatable bonds is 7. The van der Waals surface area contributed by atoms with Crippen LogP contribution in [0.2, 0.25) is 0 Å². The maximum absolute atomic E-state index is 12.0. The molecule has 1 amide bonds. The molecule has 1 saturated heterocycles. The molecule has 0 aliphatic carbocycles. The minimum absolute atomic E-state index is 0.288. The summed E-state index contributed by atoms with van der Waals surface area (Å²) in [6, 6.07) is 11.0. The van der Waals surface area contributed by atoms with Gasteiger partial charge in [-0.25, -0.2) is 0 Å². The molecule has 0 bridgehead atoms. The van der Waals surface area contributed by atoms with Gasteiger partial charge < -0.3 is 4.90 Å². The third-order valence-electron chi connectivity index (χ3n) is 6.24. The van der Waals surface area contributed by atoms with E-state index in [4.69, 9.17) is 0 Å². The van der Waals surface area contributed by atoms with Gasteiger partial charge in [-0.15, -0.1) is 0 Å². The van der Waals surface area contributed by atoms with Crippen molar-refractivity contribution in [1.29, 1.82) is 0 Å². The van der Waals surface area contributed by atoms with Gasteiger partial charge in [0.1, 0.15) is 0 Å². The Labute approximate surface area is 175 Å². The van der Waals surface area contributed by atoms with Crippen LogP contribution in [0.15, 0.2) is 49.7 Å². The summed E-state index contributed by atoms with van der Waals surface area (Å²) in [4.78, 5) is 18.5. The molecule has 3 rings (SSSR count). The quantitative estimate of drug-likeness (QED) is 0.568. The number of benzene rings is 1. The van der Waals surface area contributed by atoms with Gasteiger partial charge in [-0.2, -0.15) is 0 Å². The van der Waals surface area contributed by atoms with Crippen molar-refractivity contribution >= 4 is 18.1 Å². The maximum atomic E-state index is 12.0. The zero-order valence-electron chi connectivity index (χ0n) is 17.7. The van der Waals surface area contributed by atoms with Crippen LogP contribution in [0.25, 0.3) is 23.3 Å². The van der Waals surface area contributed by atoms with Crippen molar-refractivity contribution in [3.63, 3.8) is 0 Å². The molecule has 2 aromatic rings. The van der Waals surface area contributed by atoms with Crippen molar-refractivity contribution in [3.05, 3.63) is 66.5 Å². The second-order valence-electron chi connectivity index (χ2n) is 7.82. The van der Waals surface area contributed by atoms with E-state index in [1.54, 1.807) is 6.08 Å². The summed E-state index contributed by atoms with van der Waals surface area (Å²) in [6.45, 7) is 13.7. The van der Waals surface area contributed by atoms with E-state index in [1.807, 2.05) is 24.1 Å². The lowest BCUT2D eigenvalue weighted by molar-refractivity contribution is -0.132. The van der Waals surface area contributed by atoms with E-state index in [-0.39, 0.29) is 5.91 Å². The second-order valence-corrected chi connectivity index (χ2v) is 7.82. The first-order chi connectivity index (χ1) is 14.1. The molecule has 3 nitrogen and oxygen atoms in total. The molecule has 1 atom stereocenters. The number of carbonyl (C=O) groups is 1. The normalized spacial score (nSPS) is 15.7. The Balaban J connectivity index is 1.74. The van der Waals surface area contributed by atoms with E-state index in [1.165, 1.54) is 5.56 Å². The highest BCUT2D eigenvalue weighted by molar-refractivity contribution is 5.75. The smallest absolute Gasteiger partial charge is 0.222 e. The number of amides is 1. The molecule has 2 heterocycles. The highest BCUT2D eigenvalue weighted by Gasteiger charge is 2.28. The Bertz CT molecular complexity index is 861. The number of pyridine rings is 1. The number of likely N-dealkylation sites (tertiary alicyclic amines) is 1. The lowest BCUT2D eigenvalue weighted by Crippen LogP contribution is -2.39. The molecule has 1 fully saturated rings. The monoisotopic (exact) mass is 388 g/mol. The van der Waals surface area contributed by atoms with Crippen LogP contribution < -0.4 is 0 Å². The molecule has 0 radical (unpaired) electrons. The topological polar surface area (TPSA) is 33.2 Å². The number of hydrogen-bond acceptors (Lipinski definition) is 2. The molecule has 0 spiro atoms. The largest absolute Gasteiger partial charge is 0.343 e. The average molecular weight is 389 g/mol. The van der Waals surface area contributed by atoms with Crippen LogP contribution in [-0.4, -0.2) is 28.9 Å². The summed E-state index contributed by atoms with van der Waals surface area (Å²) in [5, 5.41) is 0. The Hall–Kier alpha value is -2.68. The minimum atomic E-state index is 0.288. The van der Waals surface area contributed by atoms with Gasteiger partial charge >= 0.3 is 0 Å². The highest BCUT2D eigenvalue weighted by Crippen LogP contribution is 2.36. The Morgan fingerprint density at radius 3 is 2.38 bits per heavy atom. The van der Waals surface area contributed by atoms with Gasteiger partial charge in [0.05, 0.1) is 5.69 Å². The fraction of sp³-hybridized carbons (Fsp3) is 0.385. The SMILES string of the molecule is C=Cc1cc(-c2ccc(C(CC)C3CCN(C(=O)CC)CC3)cc2)cnc1C=C. The number of aromatic nitrogens is 1. The minimum Gasteiger partial charge on any atom is -0.343 e. The van der Waals surface area contributed by atoms with Crippen molar-refractivity contribution in [2.24, 2.45) is 5.92 Å². The van der Waals surface area contributed by atoms with Crippen LogP contribution in [0, 0.1) is 5.92 Å². The Morgan fingerprint density at radius 1 is 1.14 bits per heavy atom. The molecule has 1 aromatic carbocycles. The van der Waals surface area contributed by atoms with Gasteiger partial charge in [0.15, 0.2) is 0 Å². The summed E-state index contributed by atoms with van der Waals surface area (Å²) in [5.41, 5.74) is 5.52. The number of carbonyl (C=O) groups excluding carboxylic acids is 1. The Morgan fingerprint density at radius 2 is 1.83 bits per heavy atom. The number of hydrogen-bond donors (Lipinski definition) is 0. The molecule has 152 valence electrons. The van der Waals surface area contributed by atoms with Crippen molar-refractivity contribution in [3.8, 4) is 11.1 Å². The fourth-order valence-corrected chi connectivity index (χ4v) is 4.52. The van der Waals surface area contributed by atoms with Crippen molar-refractivity contribution in [1.82, 2.24) is 9.88 Å². The fourth-order valence-electron chi connectivity index (χ4n) is 4.52. The Kier molecular flexibility index (Phi) is 7.03. The highest BCUT2D eigenvalue weighted by atomic mass is 16.2. The first-order valence-corrected chi connectivity index (χ1v) is 10.7. The van der Waals surface area contributed by atoms with E-state index in [0.29, 0.717) is 18.3 Å². The molecular weight excluding hydrogens is 356 g/mol. The molecule has 1 aliphatic heterocycles. The summed E-state index contributed by atoms with van der Waals surface area (Å²) >= 11 is 0. The molecule has 29 heavy (non-hydrogen) atoms. The van der Waals surface area contributed by atoms with Crippen molar-refractivity contribution in [2.75, 3.05) is 13.1 Å². The molecule has 3 heteroatoms.